The molecule has 0 atom stereocenters. The maximum atomic E-state index is 12.0. The number of carbonyl (C=O) groups excluding carboxylic acids is 1. The number of carbonyl (C=O) groups is 1. The van der Waals surface area contributed by atoms with Crippen molar-refractivity contribution in [3.63, 3.8) is 0 Å². The van der Waals surface area contributed by atoms with Crippen LogP contribution in [0.4, 0.5) is 10.5 Å². The molecule has 0 aliphatic carbocycles. The van der Waals surface area contributed by atoms with Gasteiger partial charge in [-0.3, -0.25) is 4.98 Å². The molecule has 0 unspecified atom stereocenters. The van der Waals surface area contributed by atoms with Crippen molar-refractivity contribution in [2.75, 3.05) is 18.0 Å². The van der Waals surface area contributed by atoms with Gasteiger partial charge in [-0.2, -0.15) is 0 Å². The third-order valence-corrected chi connectivity index (χ3v) is 4.38. The Morgan fingerprint density at radius 1 is 1.12 bits per heavy atom. The van der Waals surface area contributed by atoms with E-state index in [-0.39, 0.29) is 17.7 Å². The Morgan fingerprint density at radius 3 is 2.46 bits per heavy atom. The summed E-state index contributed by atoms with van der Waals surface area (Å²) in [4.78, 5) is 18.8. The molecule has 26 heavy (non-hydrogen) atoms. The monoisotopic (exact) mass is 353 g/mol. The van der Waals surface area contributed by atoms with Gasteiger partial charge in [-0.05, 0) is 39.0 Å². The number of amides is 1. The van der Waals surface area contributed by atoms with Gasteiger partial charge in [-0.15, -0.1) is 0 Å². The van der Waals surface area contributed by atoms with Crippen molar-refractivity contribution in [1.82, 2.24) is 10.3 Å². The van der Waals surface area contributed by atoms with Crippen molar-refractivity contribution in [3.8, 4) is 11.3 Å². The van der Waals surface area contributed by atoms with E-state index in [2.05, 4.69) is 33.4 Å². The third-order valence-electron chi connectivity index (χ3n) is 4.38. The van der Waals surface area contributed by atoms with Crippen LogP contribution in [0.1, 0.15) is 33.6 Å². The first-order chi connectivity index (χ1) is 12.4. The molecule has 1 aliphatic heterocycles. The fourth-order valence-corrected chi connectivity index (χ4v) is 3.19. The van der Waals surface area contributed by atoms with Gasteiger partial charge < -0.3 is 15.0 Å². The first-order valence-corrected chi connectivity index (χ1v) is 9.16. The normalized spacial score (nSPS) is 15.6. The van der Waals surface area contributed by atoms with Gasteiger partial charge >= 0.3 is 6.09 Å². The van der Waals surface area contributed by atoms with E-state index in [0.717, 1.165) is 37.2 Å². The number of alkyl carbamates (subject to hydrolysis) is 1. The number of anilines is 1. The van der Waals surface area contributed by atoms with Gasteiger partial charge in [0.05, 0.1) is 5.69 Å². The molecule has 1 fully saturated rings. The van der Waals surface area contributed by atoms with Gasteiger partial charge in [0, 0.05) is 48.9 Å². The molecule has 1 aromatic carbocycles. The van der Waals surface area contributed by atoms with E-state index in [0.29, 0.717) is 0 Å². The Hall–Kier alpha value is -2.56. The van der Waals surface area contributed by atoms with Crippen molar-refractivity contribution >= 4 is 11.8 Å². The molecule has 2 heterocycles. The number of hydrogen-bond acceptors (Lipinski definition) is 4. The second kappa shape index (κ2) is 7.77. The Balaban J connectivity index is 1.63. The van der Waals surface area contributed by atoms with Gasteiger partial charge in [0.1, 0.15) is 6.10 Å². The van der Waals surface area contributed by atoms with Crippen molar-refractivity contribution in [2.45, 2.75) is 45.3 Å². The van der Waals surface area contributed by atoms with Crippen molar-refractivity contribution < 1.29 is 9.53 Å². The molecule has 0 radical (unpaired) electrons. The first-order valence-electron chi connectivity index (χ1n) is 9.16. The first kappa shape index (κ1) is 18.2. The fourth-order valence-electron chi connectivity index (χ4n) is 3.19. The van der Waals surface area contributed by atoms with Crippen LogP contribution >= 0.6 is 0 Å². The van der Waals surface area contributed by atoms with Gasteiger partial charge in [0.15, 0.2) is 0 Å². The van der Waals surface area contributed by atoms with Crippen LogP contribution in [0, 0.1) is 0 Å². The topological polar surface area (TPSA) is 54.5 Å². The zero-order valence-electron chi connectivity index (χ0n) is 15.7. The highest BCUT2D eigenvalue weighted by Crippen LogP contribution is 2.31. The number of hydrogen-bond donors (Lipinski definition) is 1. The third kappa shape index (κ3) is 4.75. The lowest BCUT2D eigenvalue weighted by Gasteiger charge is -2.34. The molecule has 0 spiro atoms. The van der Waals surface area contributed by atoms with Gasteiger partial charge in [0.2, 0.25) is 0 Å². The van der Waals surface area contributed by atoms with Gasteiger partial charge in [0.25, 0.3) is 0 Å². The predicted octanol–water partition coefficient (Wildman–Crippen LogP) is 4.24. The highest BCUT2D eigenvalue weighted by molar-refractivity contribution is 5.76. The van der Waals surface area contributed by atoms with Crippen LogP contribution in [0.3, 0.4) is 0 Å². The molecule has 0 saturated carbocycles. The van der Waals surface area contributed by atoms with Crippen LogP contribution in [0.25, 0.3) is 11.3 Å². The minimum atomic E-state index is -0.329. The summed E-state index contributed by atoms with van der Waals surface area (Å²) < 4.78 is 5.58. The van der Waals surface area contributed by atoms with E-state index >= 15 is 0 Å². The lowest BCUT2D eigenvalue weighted by atomic mass is 10.0. The molecule has 0 bridgehead atoms. The summed E-state index contributed by atoms with van der Waals surface area (Å²) >= 11 is 0. The van der Waals surface area contributed by atoms with E-state index in [1.54, 1.807) is 0 Å². The van der Waals surface area contributed by atoms with Crippen LogP contribution in [0.2, 0.25) is 0 Å². The SMILES string of the molecule is CC(C)(C)NC(=O)OC1CCN(c2ccccc2-c2ccccn2)CC1. The minimum Gasteiger partial charge on any atom is -0.446 e. The molecule has 1 N–H and O–H groups in total. The van der Waals surface area contributed by atoms with E-state index in [1.165, 1.54) is 5.69 Å². The zero-order valence-corrected chi connectivity index (χ0v) is 15.7. The second-order valence-electron chi connectivity index (χ2n) is 7.70. The number of nitrogens with zero attached hydrogens (tertiary/aromatic N) is 2. The standard InChI is InChI=1S/C21H27N3O2/c1-21(2,3)23-20(25)26-16-11-14-24(15-12-16)19-10-5-4-8-17(19)18-9-6-7-13-22-18/h4-10,13,16H,11-12,14-15H2,1-3H3,(H,23,25). The molecule has 5 heteroatoms. The summed E-state index contributed by atoms with van der Waals surface area (Å²) in [5.74, 6) is 0. The minimum absolute atomic E-state index is 0.0318. The average Bonchev–Trinajstić information content (AvgIpc) is 2.61. The number of pyridine rings is 1. The zero-order chi connectivity index (χ0) is 18.6. The molecule has 1 saturated heterocycles. The number of piperidine rings is 1. The Bertz CT molecular complexity index is 732. The summed E-state index contributed by atoms with van der Waals surface area (Å²) in [6.45, 7) is 7.57. The van der Waals surface area contributed by atoms with Gasteiger partial charge in [-0.1, -0.05) is 24.3 Å². The second-order valence-corrected chi connectivity index (χ2v) is 7.70. The number of para-hydroxylation sites is 1. The van der Waals surface area contributed by atoms with Crippen LogP contribution < -0.4 is 10.2 Å². The van der Waals surface area contributed by atoms with Crippen molar-refractivity contribution in [3.05, 3.63) is 48.7 Å². The summed E-state index contributed by atoms with van der Waals surface area (Å²) in [5.41, 5.74) is 3.02. The van der Waals surface area contributed by atoms with Crippen molar-refractivity contribution in [1.29, 1.82) is 0 Å². The number of aromatic nitrogens is 1. The summed E-state index contributed by atoms with van der Waals surface area (Å²) in [5, 5.41) is 2.86. The van der Waals surface area contributed by atoms with Crippen molar-refractivity contribution in [2.24, 2.45) is 0 Å². The lowest BCUT2D eigenvalue weighted by Crippen LogP contribution is -2.44. The van der Waals surface area contributed by atoms with E-state index < -0.39 is 0 Å². The quantitative estimate of drug-likeness (QED) is 0.897. The fraction of sp³-hybridized carbons (Fsp3) is 0.429. The number of rotatable bonds is 3. The van der Waals surface area contributed by atoms with E-state index in [4.69, 9.17) is 4.74 Å². The average molecular weight is 353 g/mol. The molecule has 138 valence electrons. The van der Waals surface area contributed by atoms with E-state index in [9.17, 15) is 4.79 Å². The maximum absolute atomic E-state index is 12.0. The lowest BCUT2D eigenvalue weighted by molar-refractivity contribution is 0.0777. The van der Waals surface area contributed by atoms with E-state index in [1.807, 2.05) is 51.2 Å². The molecule has 1 aromatic heterocycles. The molecular formula is C21H27N3O2. The van der Waals surface area contributed by atoms with Crippen LogP contribution in [-0.2, 0) is 4.74 Å². The predicted molar refractivity (Wildman–Crippen MR) is 104 cm³/mol. The molecule has 1 aliphatic rings. The number of benzene rings is 1. The van der Waals surface area contributed by atoms with Crippen LogP contribution in [0.15, 0.2) is 48.7 Å². The smallest absolute Gasteiger partial charge is 0.407 e. The molecule has 3 rings (SSSR count). The van der Waals surface area contributed by atoms with Gasteiger partial charge in [-0.25, -0.2) is 4.79 Å². The Labute approximate surface area is 155 Å². The Kier molecular flexibility index (Phi) is 5.45. The largest absolute Gasteiger partial charge is 0.446 e. The highest BCUT2D eigenvalue weighted by Gasteiger charge is 2.25. The molecule has 2 aromatic rings. The summed E-state index contributed by atoms with van der Waals surface area (Å²) in [6, 6.07) is 14.3. The number of nitrogens with one attached hydrogen (secondary N) is 1. The van der Waals surface area contributed by atoms with Crippen LogP contribution in [-0.4, -0.2) is 35.8 Å². The Morgan fingerprint density at radius 2 is 1.81 bits per heavy atom. The molecule has 5 nitrogen and oxygen atoms in total. The summed E-state index contributed by atoms with van der Waals surface area (Å²) in [7, 11) is 0. The number of ether oxygens (including phenoxy) is 1. The maximum Gasteiger partial charge on any atom is 0.407 e. The molecular weight excluding hydrogens is 326 g/mol. The van der Waals surface area contributed by atoms with Crippen LogP contribution in [0.5, 0.6) is 0 Å². The molecule has 1 amide bonds. The summed E-state index contributed by atoms with van der Waals surface area (Å²) in [6.07, 6.45) is 3.11. The highest BCUT2D eigenvalue weighted by atomic mass is 16.6.